The third-order valence-corrected chi connectivity index (χ3v) is 4.63. The maximum atomic E-state index is 3.44. The van der Waals surface area contributed by atoms with Crippen LogP contribution in [0.1, 0.15) is 17.5 Å². The van der Waals surface area contributed by atoms with Crippen LogP contribution in [0.5, 0.6) is 0 Å². The molecule has 0 bridgehead atoms. The fraction of sp³-hybridized carbons (Fsp3) is 0.333. The number of aryl methyl sites for hydroxylation is 2. The molecule has 2 aromatic rings. The summed E-state index contributed by atoms with van der Waals surface area (Å²) in [7, 11) is 2.06. The van der Waals surface area contributed by atoms with Crippen LogP contribution < -0.4 is 5.32 Å². The molecule has 1 N–H and O–H groups in total. The van der Waals surface area contributed by atoms with Gasteiger partial charge in [0.2, 0.25) is 0 Å². The van der Waals surface area contributed by atoms with Gasteiger partial charge in [-0.05, 0) is 44.5 Å². The van der Waals surface area contributed by atoms with E-state index in [2.05, 4.69) is 73.9 Å². The highest BCUT2D eigenvalue weighted by molar-refractivity contribution is 7.99. The molecular formula is C18H23NS. The summed E-state index contributed by atoms with van der Waals surface area (Å²) in [6.45, 7) is 2.15. The maximum Gasteiger partial charge on any atom is 0.0161 e. The molecule has 2 aromatic carbocycles. The number of benzene rings is 2. The fourth-order valence-corrected chi connectivity index (χ4v) is 3.37. The van der Waals surface area contributed by atoms with Crippen LogP contribution in [0, 0.1) is 6.92 Å². The lowest BCUT2D eigenvalue weighted by atomic mass is 10.1. The van der Waals surface area contributed by atoms with Crippen molar-refractivity contribution in [1.82, 2.24) is 5.32 Å². The summed E-state index contributed by atoms with van der Waals surface area (Å²) in [5.74, 6) is 1.12. The van der Waals surface area contributed by atoms with Crippen molar-refractivity contribution in [3.63, 3.8) is 0 Å². The van der Waals surface area contributed by atoms with Gasteiger partial charge in [0.1, 0.15) is 0 Å². The molecule has 2 heteroatoms. The van der Waals surface area contributed by atoms with Gasteiger partial charge in [0.25, 0.3) is 0 Å². The van der Waals surface area contributed by atoms with Crippen molar-refractivity contribution in [1.29, 1.82) is 0 Å². The summed E-state index contributed by atoms with van der Waals surface area (Å²) in [4.78, 5) is 1.37. The van der Waals surface area contributed by atoms with E-state index in [1.165, 1.54) is 22.4 Å². The van der Waals surface area contributed by atoms with E-state index in [1.807, 2.05) is 11.8 Å². The van der Waals surface area contributed by atoms with Crippen LogP contribution in [0.4, 0.5) is 0 Å². The van der Waals surface area contributed by atoms with Gasteiger partial charge >= 0.3 is 0 Å². The molecule has 0 saturated carbocycles. The zero-order valence-electron chi connectivity index (χ0n) is 12.3. The van der Waals surface area contributed by atoms with E-state index in [4.69, 9.17) is 0 Å². The molecule has 0 aliphatic heterocycles. The molecule has 106 valence electrons. The molecule has 0 aromatic heterocycles. The van der Waals surface area contributed by atoms with Crippen LogP contribution in [0.3, 0.4) is 0 Å². The van der Waals surface area contributed by atoms with Crippen LogP contribution in [-0.2, 0) is 6.42 Å². The molecule has 0 radical (unpaired) electrons. The van der Waals surface area contributed by atoms with E-state index in [0.29, 0.717) is 6.04 Å². The first-order valence-electron chi connectivity index (χ1n) is 7.18. The first kappa shape index (κ1) is 15.1. The second kappa shape index (κ2) is 8.13. The van der Waals surface area contributed by atoms with Crippen LogP contribution in [0.25, 0.3) is 0 Å². The Balaban J connectivity index is 1.80. The van der Waals surface area contributed by atoms with Crippen molar-refractivity contribution in [3.8, 4) is 0 Å². The quantitative estimate of drug-likeness (QED) is 0.761. The Morgan fingerprint density at radius 3 is 2.55 bits per heavy atom. The standard InChI is InChI=1S/C18H23NS/c1-15-7-6-10-18(13-15)20-14-17(19-2)12-11-16-8-4-3-5-9-16/h3-10,13,17,19H,11-12,14H2,1-2H3. The SMILES string of the molecule is CNC(CCc1ccccc1)CSc1cccc(C)c1. The minimum atomic E-state index is 0.556. The molecule has 2 rings (SSSR count). The molecule has 0 aliphatic rings. The van der Waals surface area contributed by atoms with Crippen molar-refractivity contribution >= 4 is 11.8 Å². The average Bonchev–Trinajstić information content (AvgIpc) is 2.48. The minimum absolute atomic E-state index is 0.556. The Morgan fingerprint density at radius 1 is 1.05 bits per heavy atom. The highest BCUT2D eigenvalue weighted by atomic mass is 32.2. The zero-order chi connectivity index (χ0) is 14.2. The van der Waals surface area contributed by atoms with Crippen LogP contribution in [-0.4, -0.2) is 18.8 Å². The summed E-state index contributed by atoms with van der Waals surface area (Å²) in [5, 5.41) is 3.44. The molecule has 0 amide bonds. The Hall–Kier alpha value is -1.25. The highest BCUT2D eigenvalue weighted by Gasteiger charge is 2.07. The molecule has 0 fully saturated rings. The normalized spacial score (nSPS) is 12.3. The topological polar surface area (TPSA) is 12.0 Å². The van der Waals surface area contributed by atoms with E-state index in [-0.39, 0.29) is 0 Å². The van der Waals surface area contributed by atoms with Crippen molar-refractivity contribution < 1.29 is 0 Å². The average molecular weight is 285 g/mol. The van der Waals surface area contributed by atoms with Gasteiger partial charge in [0.05, 0.1) is 0 Å². The third kappa shape index (κ3) is 5.03. The van der Waals surface area contributed by atoms with Gasteiger partial charge in [0, 0.05) is 16.7 Å². The van der Waals surface area contributed by atoms with E-state index in [1.54, 1.807) is 0 Å². The molecule has 20 heavy (non-hydrogen) atoms. The van der Waals surface area contributed by atoms with Crippen LogP contribution in [0.2, 0.25) is 0 Å². The van der Waals surface area contributed by atoms with Crippen molar-refractivity contribution in [3.05, 3.63) is 65.7 Å². The van der Waals surface area contributed by atoms with Gasteiger partial charge in [0.15, 0.2) is 0 Å². The largest absolute Gasteiger partial charge is 0.316 e. The van der Waals surface area contributed by atoms with E-state index in [0.717, 1.165) is 12.2 Å². The molecule has 0 heterocycles. The monoisotopic (exact) mass is 285 g/mol. The number of hydrogen-bond donors (Lipinski definition) is 1. The van der Waals surface area contributed by atoms with Gasteiger partial charge in [-0.25, -0.2) is 0 Å². The fourth-order valence-electron chi connectivity index (χ4n) is 2.20. The van der Waals surface area contributed by atoms with E-state index in [9.17, 15) is 0 Å². The number of nitrogens with one attached hydrogen (secondary N) is 1. The second-order valence-corrected chi connectivity index (χ2v) is 6.23. The smallest absolute Gasteiger partial charge is 0.0161 e. The van der Waals surface area contributed by atoms with Gasteiger partial charge in [-0.1, -0.05) is 48.0 Å². The van der Waals surface area contributed by atoms with E-state index < -0.39 is 0 Å². The van der Waals surface area contributed by atoms with Gasteiger partial charge < -0.3 is 5.32 Å². The first-order chi connectivity index (χ1) is 9.78. The lowest BCUT2D eigenvalue weighted by Gasteiger charge is -2.16. The Morgan fingerprint density at radius 2 is 1.85 bits per heavy atom. The number of thioether (sulfide) groups is 1. The highest BCUT2D eigenvalue weighted by Crippen LogP contribution is 2.21. The molecule has 0 spiro atoms. The molecule has 1 atom stereocenters. The molecule has 1 unspecified atom stereocenters. The first-order valence-corrected chi connectivity index (χ1v) is 8.17. The summed E-state index contributed by atoms with van der Waals surface area (Å²) in [6.07, 6.45) is 2.32. The summed E-state index contributed by atoms with van der Waals surface area (Å²) in [5.41, 5.74) is 2.76. The van der Waals surface area contributed by atoms with Gasteiger partial charge in [-0.3, -0.25) is 0 Å². The number of hydrogen-bond acceptors (Lipinski definition) is 2. The Labute approximate surface area is 126 Å². The predicted octanol–water partition coefficient (Wildman–Crippen LogP) is 4.31. The van der Waals surface area contributed by atoms with Crippen LogP contribution >= 0.6 is 11.8 Å². The third-order valence-electron chi connectivity index (χ3n) is 3.47. The molecule has 0 saturated heterocycles. The lowest BCUT2D eigenvalue weighted by molar-refractivity contribution is 0.573. The van der Waals surface area contributed by atoms with Crippen molar-refractivity contribution in [2.45, 2.75) is 30.7 Å². The molecule has 0 aliphatic carbocycles. The number of rotatable bonds is 7. The summed E-state index contributed by atoms with van der Waals surface area (Å²) >= 11 is 1.94. The second-order valence-electron chi connectivity index (χ2n) is 5.14. The predicted molar refractivity (Wildman–Crippen MR) is 89.5 cm³/mol. The van der Waals surface area contributed by atoms with E-state index >= 15 is 0 Å². The summed E-state index contributed by atoms with van der Waals surface area (Å²) in [6, 6.07) is 20.0. The zero-order valence-corrected chi connectivity index (χ0v) is 13.1. The maximum absolute atomic E-state index is 3.44. The minimum Gasteiger partial charge on any atom is -0.316 e. The van der Waals surface area contributed by atoms with Gasteiger partial charge in [-0.15, -0.1) is 11.8 Å². The lowest BCUT2D eigenvalue weighted by Crippen LogP contribution is -2.28. The van der Waals surface area contributed by atoms with Crippen LogP contribution in [0.15, 0.2) is 59.5 Å². The molecule has 1 nitrogen and oxygen atoms in total. The van der Waals surface area contributed by atoms with Crippen molar-refractivity contribution in [2.24, 2.45) is 0 Å². The van der Waals surface area contributed by atoms with Crippen molar-refractivity contribution in [2.75, 3.05) is 12.8 Å². The Bertz CT molecular complexity index is 510. The Kier molecular flexibility index (Phi) is 6.16. The molecular weight excluding hydrogens is 262 g/mol. The van der Waals surface area contributed by atoms with Gasteiger partial charge in [-0.2, -0.15) is 0 Å². The summed E-state index contributed by atoms with van der Waals surface area (Å²) < 4.78 is 0.